The van der Waals surface area contributed by atoms with Crippen molar-refractivity contribution in [2.24, 2.45) is 0 Å². The molecule has 0 bridgehead atoms. The zero-order valence-electron chi connectivity index (χ0n) is 22.8. The lowest BCUT2D eigenvalue weighted by Gasteiger charge is -2.21. The van der Waals surface area contributed by atoms with Crippen LogP contribution in [0.25, 0.3) is 34.3 Å². The molecule has 1 aromatic heterocycles. The Hall–Kier alpha value is -4.07. The molecule has 0 spiro atoms. The Labute approximate surface area is 226 Å². The fourth-order valence-corrected chi connectivity index (χ4v) is 4.12. The molecule has 3 aromatic carbocycles. The lowest BCUT2D eigenvalue weighted by molar-refractivity contribution is -0.137. The number of nitrogens with one attached hydrogen (secondary N) is 2. The number of alkyl halides is 3. The summed E-state index contributed by atoms with van der Waals surface area (Å²) in [6.07, 6.45) is -1.81. The van der Waals surface area contributed by atoms with Gasteiger partial charge in [0.15, 0.2) is 0 Å². The number of fused-ring (bicyclic) bond motifs is 1. The smallest absolute Gasteiger partial charge is 0.417 e. The summed E-state index contributed by atoms with van der Waals surface area (Å²) in [6, 6.07) is 16.9. The van der Waals surface area contributed by atoms with Crippen LogP contribution in [0.15, 0.2) is 60.7 Å². The van der Waals surface area contributed by atoms with E-state index in [-0.39, 0.29) is 27.7 Å². The summed E-state index contributed by atoms with van der Waals surface area (Å²) in [5.74, 6) is 0.426. The lowest BCUT2D eigenvalue weighted by Crippen LogP contribution is -2.27. The average Bonchev–Trinajstić information content (AvgIpc) is 3.22. The minimum atomic E-state index is -4.64. The number of hydrogen-bond donors (Lipinski definition) is 2. The number of carbonyl (C=O) groups excluding carboxylic acids is 1. The van der Waals surface area contributed by atoms with E-state index in [1.807, 2.05) is 18.2 Å². The van der Waals surface area contributed by atoms with Crippen molar-refractivity contribution in [3.05, 3.63) is 83.2 Å². The Morgan fingerprint density at radius 3 is 2.18 bits per heavy atom. The highest BCUT2D eigenvalue weighted by molar-refractivity contribution is 5.95. The number of aromatic nitrogens is 2. The van der Waals surface area contributed by atoms with Crippen LogP contribution in [-0.2, 0) is 16.3 Å². The van der Waals surface area contributed by atoms with Gasteiger partial charge in [0.2, 0.25) is 0 Å². The second-order valence-corrected chi connectivity index (χ2v) is 11.4. The first kappa shape index (κ1) is 28.0. The topological polar surface area (TPSA) is 67.0 Å². The molecule has 1 heterocycles. The number of halogens is 3. The van der Waals surface area contributed by atoms with Crippen LogP contribution in [0.3, 0.4) is 0 Å². The molecule has 4 aromatic rings. The molecule has 8 heteroatoms. The lowest BCUT2D eigenvalue weighted by atomic mass is 9.87. The summed E-state index contributed by atoms with van der Waals surface area (Å²) in [6.45, 7) is 11.5. The summed E-state index contributed by atoms with van der Waals surface area (Å²) in [5, 5.41) is 2.58. The van der Waals surface area contributed by atoms with Gasteiger partial charge in [-0.15, -0.1) is 0 Å². The Bertz CT molecular complexity index is 1520. The summed E-state index contributed by atoms with van der Waals surface area (Å²) in [4.78, 5) is 19.9. The van der Waals surface area contributed by atoms with E-state index >= 15 is 0 Å². The summed E-state index contributed by atoms with van der Waals surface area (Å²) in [5.41, 5.74) is 1.52. The van der Waals surface area contributed by atoms with Gasteiger partial charge in [0.1, 0.15) is 11.4 Å². The molecule has 2 N–H and O–H groups in total. The van der Waals surface area contributed by atoms with Crippen molar-refractivity contribution >= 4 is 35.0 Å². The first-order chi connectivity index (χ1) is 18.1. The van der Waals surface area contributed by atoms with E-state index < -0.39 is 23.4 Å². The molecule has 0 radical (unpaired) electrons. The van der Waals surface area contributed by atoms with Gasteiger partial charge in [0, 0.05) is 5.56 Å². The van der Waals surface area contributed by atoms with Gasteiger partial charge in [-0.2, -0.15) is 13.2 Å². The van der Waals surface area contributed by atoms with E-state index in [2.05, 4.69) is 48.2 Å². The molecule has 0 aliphatic heterocycles. The van der Waals surface area contributed by atoms with Crippen molar-refractivity contribution in [3.8, 4) is 11.1 Å². The molecular weight excluding hydrogens is 503 g/mol. The van der Waals surface area contributed by atoms with E-state index in [9.17, 15) is 18.0 Å². The van der Waals surface area contributed by atoms with Crippen molar-refractivity contribution < 1.29 is 22.7 Å². The number of carbonyl (C=O) groups is 1. The van der Waals surface area contributed by atoms with E-state index in [1.165, 1.54) is 23.8 Å². The molecule has 0 aliphatic carbocycles. The zero-order chi connectivity index (χ0) is 28.6. The quantitative estimate of drug-likeness (QED) is 0.274. The minimum Gasteiger partial charge on any atom is -0.444 e. The molecule has 5 nitrogen and oxygen atoms in total. The molecule has 204 valence electrons. The molecule has 1 amide bonds. The molecule has 39 heavy (non-hydrogen) atoms. The maximum atomic E-state index is 14.2. The van der Waals surface area contributed by atoms with Gasteiger partial charge in [0.05, 0.1) is 22.3 Å². The number of amides is 1. The number of nitrogens with zero attached hydrogens (tertiary/aromatic N) is 1. The molecule has 0 aliphatic rings. The molecular formula is C31H32F3N3O2. The predicted molar refractivity (Wildman–Crippen MR) is 150 cm³/mol. The van der Waals surface area contributed by atoms with Gasteiger partial charge in [0.25, 0.3) is 0 Å². The third-order valence-electron chi connectivity index (χ3n) is 6.01. The molecule has 0 saturated carbocycles. The van der Waals surface area contributed by atoms with Crippen LogP contribution in [-0.4, -0.2) is 21.7 Å². The van der Waals surface area contributed by atoms with E-state index in [0.717, 1.165) is 11.6 Å². The molecule has 0 saturated heterocycles. The first-order valence-corrected chi connectivity index (χ1v) is 12.6. The number of benzene rings is 3. The van der Waals surface area contributed by atoms with Crippen molar-refractivity contribution in [1.29, 1.82) is 0 Å². The van der Waals surface area contributed by atoms with Crippen molar-refractivity contribution in [2.45, 2.75) is 58.7 Å². The van der Waals surface area contributed by atoms with Crippen molar-refractivity contribution in [1.82, 2.24) is 9.97 Å². The van der Waals surface area contributed by atoms with Crippen molar-refractivity contribution in [2.75, 3.05) is 5.32 Å². The van der Waals surface area contributed by atoms with Gasteiger partial charge in [-0.05, 0) is 67.2 Å². The maximum absolute atomic E-state index is 14.2. The predicted octanol–water partition coefficient (Wildman–Crippen LogP) is 9.06. The minimum absolute atomic E-state index is 0.0376. The second-order valence-electron chi connectivity index (χ2n) is 11.4. The van der Waals surface area contributed by atoms with E-state index in [4.69, 9.17) is 4.74 Å². The molecule has 0 unspecified atom stereocenters. The number of rotatable bonds is 4. The van der Waals surface area contributed by atoms with Crippen LogP contribution < -0.4 is 5.32 Å². The third-order valence-corrected chi connectivity index (χ3v) is 6.01. The van der Waals surface area contributed by atoms with Crippen molar-refractivity contribution in [3.63, 3.8) is 0 Å². The summed E-state index contributed by atoms with van der Waals surface area (Å²) < 4.78 is 47.9. The second kappa shape index (κ2) is 10.2. The average molecular weight is 536 g/mol. The van der Waals surface area contributed by atoms with Gasteiger partial charge in [-0.25, -0.2) is 9.78 Å². The largest absolute Gasteiger partial charge is 0.444 e. The van der Waals surface area contributed by atoms with Crippen LogP contribution in [0.5, 0.6) is 0 Å². The highest BCUT2D eigenvalue weighted by Crippen LogP contribution is 2.41. The number of para-hydroxylation sites is 1. The Morgan fingerprint density at radius 1 is 0.897 bits per heavy atom. The summed E-state index contributed by atoms with van der Waals surface area (Å²) in [7, 11) is 0. The van der Waals surface area contributed by atoms with E-state index in [1.54, 1.807) is 39.0 Å². The van der Waals surface area contributed by atoms with Gasteiger partial charge < -0.3 is 9.72 Å². The monoisotopic (exact) mass is 535 g/mol. The molecule has 0 atom stereocenters. The molecule has 4 rings (SSSR count). The van der Waals surface area contributed by atoms with Gasteiger partial charge in [-0.3, -0.25) is 5.32 Å². The van der Waals surface area contributed by atoms with Gasteiger partial charge >= 0.3 is 12.3 Å². The molecule has 0 fully saturated rings. The van der Waals surface area contributed by atoms with E-state index in [0.29, 0.717) is 11.3 Å². The van der Waals surface area contributed by atoms with Crippen LogP contribution in [0.4, 0.5) is 23.7 Å². The third kappa shape index (κ3) is 6.88. The highest BCUT2D eigenvalue weighted by Gasteiger charge is 2.35. The number of H-pyrrole nitrogens is 1. The fraction of sp³-hybridized carbons (Fsp3) is 0.290. The van der Waals surface area contributed by atoms with Gasteiger partial charge in [-0.1, -0.05) is 69.3 Å². The SMILES string of the molecule is CC(C)(C)OC(=O)Nc1ccccc1-c1cc2nc(/C=C/c3ccc(C(C)(C)C)cc3)[nH]c2cc1C(F)(F)F. The van der Waals surface area contributed by atoms with Crippen LogP contribution in [0.2, 0.25) is 0 Å². The Balaban J connectivity index is 1.72. The normalized spacial score (nSPS) is 12.7. The number of ether oxygens (including phenoxy) is 1. The summed E-state index contributed by atoms with van der Waals surface area (Å²) >= 11 is 0. The maximum Gasteiger partial charge on any atom is 0.417 e. The number of anilines is 1. The zero-order valence-corrected chi connectivity index (χ0v) is 22.8. The Kier molecular flexibility index (Phi) is 7.34. The van der Waals surface area contributed by atoms with Crippen LogP contribution in [0, 0.1) is 0 Å². The fourth-order valence-electron chi connectivity index (χ4n) is 4.12. The first-order valence-electron chi connectivity index (χ1n) is 12.6. The number of imidazole rings is 1. The Morgan fingerprint density at radius 2 is 1.56 bits per heavy atom. The van der Waals surface area contributed by atoms with Crippen LogP contribution >= 0.6 is 0 Å². The highest BCUT2D eigenvalue weighted by atomic mass is 19.4. The number of hydrogen-bond acceptors (Lipinski definition) is 3. The van der Waals surface area contributed by atoms with Crippen LogP contribution in [0.1, 0.15) is 64.1 Å². The standard InChI is InChI=1S/C31H32F3N3O2/c1-29(2,3)20-14-11-19(12-15-20)13-16-27-35-25-17-22(23(31(32,33)34)18-26(25)36-27)21-9-7-8-10-24(21)37-28(38)39-30(4,5)6/h7-18H,1-6H3,(H,35,36)(H,37,38)/b16-13+. The number of aromatic amines is 1.